The van der Waals surface area contributed by atoms with Gasteiger partial charge in [0.25, 0.3) is 0 Å². The van der Waals surface area contributed by atoms with E-state index >= 15 is 0 Å². The highest BCUT2D eigenvalue weighted by molar-refractivity contribution is 9.10. The van der Waals surface area contributed by atoms with Gasteiger partial charge in [0.1, 0.15) is 4.90 Å². The van der Waals surface area contributed by atoms with Crippen molar-refractivity contribution in [3.05, 3.63) is 16.6 Å². The first-order valence-electron chi connectivity index (χ1n) is 6.98. The van der Waals surface area contributed by atoms with E-state index in [0.717, 1.165) is 0 Å². The molecule has 0 bridgehead atoms. The number of piperazine rings is 1. The highest BCUT2D eigenvalue weighted by Crippen LogP contribution is 2.37. The van der Waals surface area contributed by atoms with Crippen molar-refractivity contribution in [1.29, 1.82) is 0 Å². The molecule has 0 aliphatic carbocycles. The molecule has 1 aromatic carbocycles. The molecule has 132 valence electrons. The summed E-state index contributed by atoms with van der Waals surface area (Å²) >= 11 is 3.33. The summed E-state index contributed by atoms with van der Waals surface area (Å²) in [5, 5.41) is 3.28. The van der Waals surface area contributed by atoms with Gasteiger partial charge in [-0.15, -0.1) is 12.4 Å². The van der Waals surface area contributed by atoms with Gasteiger partial charge in [-0.1, -0.05) is 0 Å². The van der Waals surface area contributed by atoms with Crippen LogP contribution in [0.5, 0.6) is 11.5 Å². The quantitative estimate of drug-likeness (QED) is 0.795. The molecule has 1 aliphatic rings. The van der Waals surface area contributed by atoms with Crippen molar-refractivity contribution in [2.75, 3.05) is 27.3 Å². The smallest absolute Gasteiger partial charge is 0.244 e. The molecule has 1 N–H and O–H groups in total. The van der Waals surface area contributed by atoms with Gasteiger partial charge in [-0.2, -0.15) is 4.31 Å². The molecule has 1 saturated heterocycles. The van der Waals surface area contributed by atoms with Crippen LogP contribution in [0.25, 0.3) is 0 Å². The lowest BCUT2D eigenvalue weighted by atomic mass is 10.2. The van der Waals surface area contributed by atoms with Crippen LogP contribution in [-0.2, 0) is 10.0 Å². The molecule has 23 heavy (non-hydrogen) atoms. The first-order valence-corrected chi connectivity index (χ1v) is 9.21. The van der Waals surface area contributed by atoms with Crippen molar-refractivity contribution >= 4 is 38.4 Å². The Morgan fingerprint density at radius 1 is 1.22 bits per heavy atom. The first-order chi connectivity index (χ1) is 10.3. The van der Waals surface area contributed by atoms with Gasteiger partial charge in [0.2, 0.25) is 10.0 Å². The van der Waals surface area contributed by atoms with Crippen LogP contribution < -0.4 is 14.8 Å². The summed E-state index contributed by atoms with van der Waals surface area (Å²) in [6.45, 7) is 4.93. The maximum Gasteiger partial charge on any atom is 0.244 e. The van der Waals surface area contributed by atoms with E-state index in [1.54, 1.807) is 6.07 Å². The van der Waals surface area contributed by atoms with Crippen molar-refractivity contribution in [1.82, 2.24) is 9.62 Å². The van der Waals surface area contributed by atoms with E-state index in [2.05, 4.69) is 21.2 Å². The second kappa shape index (κ2) is 8.02. The van der Waals surface area contributed by atoms with Gasteiger partial charge < -0.3 is 14.8 Å². The van der Waals surface area contributed by atoms with Crippen LogP contribution in [0.3, 0.4) is 0 Å². The standard InChI is InChI=1S/C14H21BrN2O4S.ClH/c1-9-8-17(10(2)7-16-9)22(18,19)14-6-13(21-4)12(20-3)5-11(14)15;/h5-6,9-10,16H,7-8H2,1-4H3;1H. The third-order valence-corrected chi connectivity index (χ3v) is 6.67. The number of methoxy groups -OCH3 is 2. The van der Waals surface area contributed by atoms with Crippen LogP contribution in [0.1, 0.15) is 13.8 Å². The summed E-state index contributed by atoms with van der Waals surface area (Å²) in [6.07, 6.45) is 0. The Balaban J connectivity index is 0.00000264. The normalized spacial score (nSPS) is 22.3. The summed E-state index contributed by atoms with van der Waals surface area (Å²) in [4.78, 5) is 0.186. The number of hydrogen-bond donors (Lipinski definition) is 1. The second-order valence-electron chi connectivity index (χ2n) is 5.37. The third-order valence-electron chi connectivity index (χ3n) is 3.73. The highest BCUT2D eigenvalue weighted by atomic mass is 79.9. The molecule has 2 unspecified atom stereocenters. The van der Waals surface area contributed by atoms with Crippen molar-refractivity contribution in [3.63, 3.8) is 0 Å². The predicted octanol–water partition coefficient (Wildman–Crippen LogP) is 2.26. The van der Waals surface area contributed by atoms with Gasteiger partial charge in [0.05, 0.1) is 14.2 Å². The molecule has 2 atom stereocenters. The van der Waals surface area contributed by atoms with E-state index in [-0.39, 0.29) is 29.4 Å². The van der Waals surface area contributed by atoms with Gasteiger partial charge in [-0.3, -0.25) is 0 Å². The minimum atomic E-state index is -3.62. The molecular formula is C14H22BrClN2O4S. The molecule has 1 fully saturated rings. The van der Waals surface area contributed by atoms with E-state index in [0.29, 0.717) is 29.1 Å². The van der Waals surface area contributed by atoms with Crippen molar-refractivity contribution < 1.29 is 17.9 Å². The fourth-order valence-electron chi connectivity index (χ4n) is 2.48. The molecule has 1 heterocycles. The largest absolute Gasteiger partial charge is 0.493 e. The van der Waals surface area contributed by atoms with Gasteiger partial charge >= 0.3 is 0 Å². The van der Waals surface area contributed by atoms with E-state index < -0.39 is 10.0 Å². The molecule has 1 aliphatic heterocycles. The summed E-state index contributed by atoms with van der Waals surface area (Å²) in [6, 6.07) is 3.12. The SMILES string of the molecule is COc1cc(Br)c(S(=O)(=O)N2CC(C)NCC2C)cc1OC.Cl. The molecule has 9 heteroatoms. The number of nitrogens with one attached hydrogen (secondary N) is 1. The van der Waals surface area contributed by atoms with Crippen molar-refractivity contribution in [3.8, 4) is 11.5 Å². The van der Waals surface area contributed by atoms with E-state index in [4.69, 9.17) is 9.47 Å². The summed E-state index contributed by atoms with van der Waals surface area (Å²) in [7, 11) is -0.625. The second-order valence-corrected chi connectivity index (χ2v) is 8.08. The summed E-state index contributed by atoms with van der Waals surface area (Å²) in [5.41, 5.74) is 0. The van der Waals surface area contributed by atoms with Gasteiger partial charge in [-0.25, -0.2) is 8.42 Å². The number of benzene rings is 1. The lowest BCUT2D eigenvalue weighted by Crippen LogP contribution is -2.56. The molecule has 0 spiro atoms. The number of nitrogens with zero attached hydrogens (tertiary/aromatic N) is 1. The minimum Gasteiger partial charge on any atom is -0.493 e. The van der Waals surface area contributed by atoms with E-state index in [1.165, 1.54) is 24.6 Å². The fourth-order valence-corrected chi connectivity index (χ4v) is 5.20. The predicted molar refractivity (Wildman–Crippen MR) is 95.3 cm³/mol. The number of hydrogen-bond acceptors (Lipinski definition) is 5. The molecule has 0 radical (unpaired) electrons. The molecular weight excluding hydrogens is 408 g/mol. The van der Waals surface area contributed by atoms with Gasteiger partial charge in [-0.05, 0) is 35.8 Å². The van der Waals surface area contributed by atoms with Crippen LogP contribution in [0.15, 0.2) is 21.5 Å². The zero-order valence-electron chi connectivity index (χ0n) is 13.5. The zero-order valence-corrected chi connectivity index (χ0v) is 16.7. The summed E-state index contributed by atoms with van der Waals surface area (Å²) in [5.74, 6) is 0.871. The van der Waals surface area contributed by atoms with E-state index in [1.807, 2.05) is 13.8 Å². The van der Waals surface area contributed by atoms with Crippen molar-refractivity contribution in [2.24, 2.45) is 0 Å². The van der Waals surface area contributed by atoms with Gasteiger partial charge in [0, 0.05) is 35.7 Å². The lowest BCUT2D eigenvalue weighted by molar-refractivity contribution is 0.244. The third kappa shape index (κ3) is 4.11. The Labute approximate surface area is 152 Å². The van der Waals surface area contributed by atoms with Crippen LogP contribution in [-0.4, -0.2) is 52.1 Å². The average Bonchev–Trinajstić information content (AvgIpc) is 2.48. The lowest BCUT2D eigenvalue weighted by Gasteiger charge is -2.36. The molecule has 0 amide bonds. The maximum absolute atomic E-state index is 13.0. The Hall–Kier alpha value is -0.540. The van der Waals surface area contributed by atoms with Crippen LogP contribution >= 0.6 is 28.3 Å². The minimum absolute atomic E-state index is 0. The Kier molecular flexibility index (Phi) is 7.15. The van der Waals surface area contributed by atoms with Crippen LogP contribution in [0.4, 0.5) is 0 Å². The van der Waals surface area contributed by atoms with Crippen LogP contribution in [0.2, 0.25) is 0 Å². The van der Waals surface area contributed by atoms with Crippen LogP contribution in [0, 0.1) is 0 Å². The molecule has 1 aromatic rings. The Bertz CT molecular complexity index is 656. The number of halogens is 2. The highest BCUT2D eigenvalue weighted by Gasteiger charge is 2.35. The number of rotatable bonds is 4. The molecule has 0 saturated carbocycles. The monoisotopic (exact) mass is 428 g/mol. The molecule has 2 rings (SSSR count). The molecule has 0 aromatic heterocycles. The zero-order chi connectivity index (χ0) is 16.5. The average molecular weight is 430 g/mol. The Morgan fingerprint density at radius 2 is 1.78 bits per heavy atom. The number of ether oxygens (including phenoxy) is 2. The van der Waals surface area contributed by atoms with Crippen molar-refractivity contribution in [2.45, 2.75) is 30.8 Å². The van der Waals surface area contributed by atoms with E-state index in [9.17, 15) is 8.42 Å². The number of sulfonamides is 1. The maximum atomic E-state index is 13.0. The summed E-state index contributed by atoms with van der Waals surface area (Å²) < 4.78 is 38.4. The van der Waals surface area contributed by atoms with Gasteiger partial charge in [0.15, 0.2) is 11.5 Å². The fraction of sp³-hybridized carbons (Fsp3) is 0.571. The topological polar surface area (TPSA) is 67.9 Å². The first kappa shape index (κ1) is 20.5. The Morgan fingerprint density at radius 3 is 2.35 bits per heavy atom. The molecule has 6 nitrogen and oxygen atoms in total.